The number of benzene rings is 1. The normalized spacial score (nSPS) is 9.86. The van der Waals surface area contributed by atoms with Crippen molar-refractivity contribution in [2.24, 2.45) is 0 Å². The molecule has 1 aromatic rings. The van der Waals surface area contributed by atoms with Crippen LogP contribution in [-0.2, 0) is 0 Å². The zero-order chi connectivity index (χ0) is 10.7. The summed E-state index contributed by atoms with van der Waals surface area (Å²) in [5.41, 5.74) is -0.146. The van der Waals surface area contributed by atoms with Gasteiger partial charge in [0, 0.05) is 12.6 Å². The molecule has 0 fully saturated rings. The van der Waals surface area contributed by atoms with Gasteiger partial charge >= 0.3 is 5.69 Å². The van der Waals surface area contributed by atoms with E-state index in [4.69, 9.17) is 5.11 Å². The summed E-state index contributed by atoms with van der Waals surface area (Å²) < 4.78 is 0. The molecular formula is C8H10N2O4. The maximum absolute atomic E-state index is 10.4. The summed E-state index contributed by atoms with van der Waals surface area (Å²) in [7, 11) is 0. The van der Waals surface area contributed by atoms with E-state index < -0.39 is 16.4 Å². The van der Waals surface area contributed by atoms with Crippen LogP contribution in [0.5, 0.6) is 5.75 Å². The number of nitrogens with zero attached hydrogens (tertiary/aromatic N) is 2. The van der Waals surface area contributed by atoms with Gasteiger partial charge in [-0.25, -0.2) is 0 Å². The Morgan fingerprint density at radius 1 is 1.57 bits per heavy atom. The molecule has 0 atom stereocenters. The fraction of sp³-hybridized carbons (Fsp3) is 0.250. The third-order valence-electron chi connectivity index (χ3n) is 1.75. The zero-order valence-electron chi connectivity index (χ0n) is 7.54. The number of hydrogen-bond donors (Lipinski definition) is 2. The van der Waals surface area contributed by atoms with Gasteiger partial charge in [0.15, 0.2) is 5.75 Å². The number of rotatable bonds is 3. The van der Waals surface area contributed by atoms with Crippen LogP contribution in [0, 0.1) is 10.1 Å². The van der Waals surface area contributed by atoms with Gasteiger partial charge < -0.3 is 5.11 Å². The van der Waals surface area contributed by atoms with E-state index in [1.54, 1.807) is 6.92 Å². The molecule has 0 amide bonds. The minimum absolute atomic E-state index is 0.275. The van der Waals surface area contributed by atoms with Gasteiger partial charge in [0.2, 0.25) is 0 Å². The summed E-state index contributed by atoms with van der Waals surface area (Å²) in [4.78, 5) is 9.72. The number of nitro groups is 1. The van der Waals surface area contributed by atoms with Gasteiger partial charge in [0.25, 0.3) is 0 Å². The van der Waals surface area contributed by atoms with E-state index in [1.165, 1.54) is 12.1 Å². The molecule has 6 heteroatoms. The summed E-state index contributed by atoms with van der Waals surface area (Å²) in [5, 5.41) is 29.7. The highest BCUT2D eigenvalue weighted by Crippen LogP contribution is 2.29. The molecule has 0 spiro atoms. The predicted octanol–water partition coefficient (Wildman–Crippen LogP) is 1.52. The first-order chi connectivity index (χ1) is 6.56. The zero-order valence-corrected chi connectivity index (χ0v) is 7.54. The molecule has 14 heavy (non-hydrogen) atoms. The lowest BCUT2D eigenvalue weighted by molar-refractivity contribution is -0.385. The first-order valence-electron chi connectivity index (χ1n) is 4.00. The van der Waals surface area contributed by atoms with Crippen molar-refractivity contribution in [1.82, 2.24) is 0 Å². The highest BCUT2D eigenvalue weighted by molar-refractivity contribution is 5.57. The van der Waals surface area contributed by atoms with Crippen LogP contribution >= 0.6 is 0 Å². The molecule has 0 saturated heterocycles. The molecule has 1 aromatic carbocycles. The molecule has 1 rings (SSSR count). The van der Waals surface area contributed by atoms with Crippen molar-refractivity contribution in [3.63, 3.8) is 0 Å². The van der Waals surface area contributed by atoms with Crippen LogP contribution in [0.25, 0.3) is 0 Å². The highest BCUT2D eigenvalue weighted by atomic mass is 16.6. The maximum atomic E-state index is 10.4. The third-order valence-corrected chi connectivity index (χ3v) is 1.75. The van der Waals surface area contributed by atoms with Gasteiger partial charge in [-0.15, -0.1) is 0 Å². The Kier molecular flexibility index (Phi) is 2.88. The Hall–Kier alpha value is -1.82. The van der Waals surface area contributed by atoms with Crippen LogP contribution in [0.15, 0.2) is 18.2 Å². The standard InChI is InChI=1S/C8H10N2O4/c1-2-9(12)6-3-4-8(11)7(5-6)10(13)14/h3-5,11-12H,2H2,1H3. The fourth-order valence-electron chi connectivity index (χ4n) is 1.00. The van der Waals surface area contributed by atoms with E-state index in [-0.39, 0.29) is 5.69 Å². The molecule has 2 N–H and O–H groups in total. The van der Waals surface area contributed by atoms with Crippen LogP contribution < -0.4 is 5.06 Å². The molecule has 76 valence electrons. The van der Waals surface area contributed by atoms with E-state index in [0.29, 0.717) is 6.54 Å². The van der Waals surface area contributed by atoms with Gasteiger partial charge in [-0.3, -0.25) is 20.4 Å². The van der Waals surface area contributed by atoms with Crippen LogP contribution in [0.1, 0.15) is 6.92 Å². The van der Waals surface area contributed by atoms with E-state index in [1.807, 2.05) is 0 Å². The third kappa shape index (κ3) is 1.91. The number of hydrogen-bond acceptors (Lipinski definition) is 5. The molecule has 0 aliphatic rings. The van der Waals surface area contributed by atoms with Crippen molar-refractivity contribution in [2.75, 3.05) is 11.6 Å². The quantitative estimate of drug-likeness (QED) is 0.567. The van der Waals surface area contributed by atoms with E-state index in [0.717, 1.165) is 11.1 Å². The molecule has 0 saturated carbocycles. The Balaban J connectivity index is 3.12. The monoisotopic (exact) mass is 198 g/mol. The number of aromatic hydroxyl groups is 1. The average molecular weight is 198 g/mol. The Bertz CT molecular complexity index is 353. The summed E-state index contributed by atoms with van der Waals surface area (Å²) in [6.07, 6.45) is 0. The van der Waals surface area contributed by atoms with Crippen molar-refractivity contribution in [3.05, 3.63) is 28.3 Å². The van der Waals surface area contributed by atoms with Crippen LogP contribution in [0.3, 0.4) is 0 Å². The molecule has 0 radical (unpaired) electrons. The van der Waals surface area contributed by atoms with Crippen LogP contribution in [-0.4, -0.2) is 21.8 Å². The van der Waals surface area contributed by atoms with Gasteiger partial charge in [-0.1, -0.05) is 0 Å². The first-order valence-corrected chi connectivity index (χ1v) is 4.00. The van der Waals surface area contributed by atoms with Crippen molar-refractivity contribution in [3.8, 4) is 5.75 Å². The maximum Gasteiger partial charge on any atom is 0.312 e. The van der Waals surface area contributed by atoms with Gasteiger partial charge in [-0.05, 0) is 19.1 Å². The van der Waals surface area contributed by atoms with Crippen LogP contribution in [0.2, 0.25) is 0 Å². The summed E-state index contributed by atoms with van der Waals surface area (Å²) in [5.74, 6) is -0.414. The minimum Gasteiger partial charge on any atom is -0.502 e. The Labute approximate surface area is 80.1 Å². The Morgan fingerprint density at radius 3 is 2.71 bits per heavy atom. The molecule has 0 aromatic heterocycles. The van der Waals surface area contributed by atoms with Crippen molar-refractivity contribution in [1.29, 1.82) is 0 Å². The lowest BCUT2D eigenvalue weighted by Gasteiger charge is -2.13. The number of hydroxylamine groups is 1. The van der Waals surface area contributed by atoms with Gasteiger partial charge in [0.05, 0.1) is 10.6 Å². The molecule has 0 aliphatic carbocycles. The molecule has 0 heterocycles. The first kappa shape index (κ1) is 10.3. The second-order valence-electron chi connectivity index (χ2n) is 2.65. The largest absolute Gasteiger partial charge is 0.502 e. The highest BCUT2D eigenvalue weighted by Gasteiger charge is 2.15. The molecule has 0 aliphatic heterocycles. The topological polar surface area (TPSA) is 86.8 Å². The molecule has 6 nitrogen and oxygen atoms in total. The summed E-state index contributed by atoms with van der Waals surface area (Å²) >= 11 is 0. The summed E-state index contributed by atoms with van der Waals surface area (Å²) in [6, 6.07) is 3.68. The lowest BCUT2D eigenvalue weighted by Crippen LogP contribution is -2.16. The molecule has 0 unspecified atom stereocenters. The SMILES string of the molecule is CCN(O)c1ccc(O)c([N+](=O)[O-])c1. The Morgan fingerprint density at radius 2 is 2.21 bits per heavy atom. The summed E-state index contributed by atoms with van der Waals surface area (Å²) in [6.45, 7) is 2.00. The van der Waals surface area contributed by atoms with E-state index >= 15 is 0 Å². The molecule has 0 bridgehead atoms. The minimum atomic E-state index is -0.706. The van der Waals surface area contributed by atoms with Crippen molar-refractivity contribution >= 4 is 11.4 Å². The van der Waals surface area contributed by atoms with Gasteiger partial charge in [-0.2, -0.15) is 0 Å². The number of anilines is 1. The van der Waals surface area contributed by atoms with Gasteiger partial charge in [0.1, 0.15) is 0 Å². The average Bonchev–Trinajstić information content (AvgIpc) is 2.17. The van der Waals surface area contributed by atoms with E-state index in [9.17, 15) is 15.3 Å². The molecular weight excluding hydrogens is 188 g/mol. The lowest BCUT2D eigenvalue weighted by atomic mass is 10.2. The van der Waals surface area contributed by atoms with Crippen molar-refractivity contribution in [2.45, 2.75) is 6.92 Å². The number of phenolic OH excluding ortho intramolecular Hbond substituents is 1. The predicted molar refractivity (Wildman–Crippen MR) is 49.6 cm³/mol. The second kappa shape index (κ2) is 3.93. The number of nitro benzene ring substituents is 1. The second-order valence-corrected chi connectivity index (χ2v) is 2.65. The van der Waals surface area contributed by atoms with Crippen molar-refractivity contribution < 1.29 is 15.2 Å². The van der Waals surface area contributed by atoms with E-state index in [2.05, 4.69) is 0 Å². The fourth-order valence-corrected chi connectivity index (χ4v) is 1.00. The number of phenols is 1. The van der Waals surface area contributed by atoms with Crippen LogP contribution in [0.4, 0.5) is 11.4 Å². The smallest absolute Gasteiger partial charge is 0.312 e.